The molecule has 1 aromatic carbocycles. The molecule has 0 amide bonds. The molecule has 3 nitrogen and oxygen atoms in total. The molecule has 6 heteroatoms. The van der Waals surface area contributed by atoms with E-state index in [1.54, 1.807) is 4.68 Å². The number of aromatic nitrogens is 2. The Kier molecular flexibility index (Phi) is 3.71. The van der Waals surface area contributed by atoms with Crippen molar-refractivity contribution in [1.29, 1.82) is 0 Å². The number of halogens is 3. The molecule has 1 N–H and O–H groups in total. The molecule has 0 aliphatic heterocycles. The van der Waals surface area contributed by atoms with E-state index in [9.17, 15) is 4.39 Å². The average Bonchev–Trinajstić information content (AvgIpc) is 3.15. The third kappa shape index (κ3) is 2.82. The molecule has 1 saturated carbocycles. The summed E-state index contributed by atoms with van der Waals surface area (Å²) in [6.45, 7) is 0.703. The number of hydrogen-bond donors (Lipinski definition) is 1. The first-order valence-electron chi connectivity index (χ1n) is 6.45. The molecular weight excluding hydrogens is 300 g/mol. The minimum Gasteiger partial charge on any atom is -0.310 e. The number of aryl methyl sites for hydroxylation is 1. The van der Waals surface area contributed by atoms with Gasteiger partial charge in [-0.3, -0.25) is 4.68 Å². The quantitative estimate of drug-likeness (QED) is 0.870. The largest absolute Gasteiger partial charge is 0.310 e. The van der Waals surface area contributed by atoms with Crippen LogP contribution in [-0.4, -0.2) is 15.8 Å². The van der Waals surface area contributed by atoms with Gasteiger partial charge in [0.2, 0.25) is 0 Å². The second kappa shape index (κ2) is 5.35. The van der Waals surface area contributed by atoms with Gasteiger partial charge in [0.05, 0.1) is 15.7 Å². The van der Waals surface area contributed by atoms with E-state index in [2.05, 4.69) is 10.4 Å². The first kappa shape index (κ1) is 13.9. The first-order chi connectivity index (χ1) is 9.54. The molecule has 0 unspecified atom stereocenters. The highest BCUT2D eigenvalue weighted by atomic mass is 35.5. The molecule has 0 spiro atoms. The molecule has 0 bridgehead atoms. The van der Waals surface area contributed by atoms with Crippen molar-refractivity contribution in [1.82, 2.24) is 15.1 Å². The van der Waals surface area contributed by atoms with Crippen LogP contribution in [0.25, 0.3) is 11.3 Å². The van der Waals surface area contributed by atoms with Gasteiger partial charge >= 0.3 is 0 Å². The Morgan fingerprint density at radius 3 is 2.80 bits per heavy atom. The predicted octanol–water partition coefficient (Wildman–Crippen LogP) is 3.79. The monoisotopic (exact) mass is 313 g/mol. The zero-order chi connectivity index (χ0) is 14.3. The summed E-state index contributed by atoms with van der Waals surface area (Å²) >= 11 is 11.9. The van der Waals surface area contributed by atoms with Gasteiger partial charge in [0.25, 0.3) is 0 Å². The van der Waals surface area contributed by atoms with E-state index in [0.29, 0.717) is 28.9 Å². The highest BCUT2D eigenvalue weighted by Gasteiger charge is 2.22. The summed E-state index contributed by atoms with van der Waals surface area (Å²) in [5, 5.41) is 8.24. The molecule has 1 fully saturated rings. The fourth-order valence-corrected chi connectivity index (χ4v) is 2.61. The van der Waals surface area contributed by atoms with Gasteiger partial charge in [-0.15, -0.1) is 0 Å². The Labute approximate surface area is 126 Å². The van der Waals surface area contributed by atoms with E-state index < -0.39 is 5.82 Å². The minimum absolute atomic E-state index is 0.0207. The summed E-state index contributed by atoms with van der Waals surface area (Å²) in [4.78, 5) is 0. The summed E-state index contributed by atoms with van der Waals surface area (Å²) in [7, 11) is 1.84. The maximum absolute atomic E-state index is 13.7. The number of hydrogen-bond acceptors (Lipinski definition) is 2. The molecule has 1 aliphatic rings. The first-order valence-corrected chi connectivity index (χ1v) is 7.21. The smallest absolute Gasteiger partial charge is 0.142 e. The van der Waals surface area contributed by atoms with Crippen LogP contribution >= 0.6 is 23.2 Å². The lowest BCUT2D eigenvalue weighted by Gasteiger charge is -2.07. The van der Waals surface area contributed by atoms with E-state index in [1.165, 1.54) is 25.0 Å². The van der Waals surface area contributed by atoms with E-state index in [4.69, 9.17) is 23.2 Å². The lowest BCUT2D eigenvalue weighted by atomic mass is 10.1. The normalized spacial score (nSPS) is 14.8. The Balaban J connectivity index is 1.97. The lowest BCUT2D eigenvalue weighted by molar-refractivity contribution is 0.628. The van der Waals surface area contributed by atoms with Gasteiger partial charge in [0.1, 0.15) is 5.82 Å². The molecule has 2 aromatic rings. The second-order valence-corrected chi connectivity index (χ2v) is 5.89. The van der Waals surface area contributed by atoms with Crippen LogP contribution in [-0.2, 0) is 13.6 Å². The van der Waals surface area contributed by atoms with Crippen molar-refractivity contribution in [2.24, 2.45) is 7.05 Å². The fourth-order valence-electron chi connectivity index (χ4n) is 2.14. The summed E-state index contributed by atoms with van der Waals surface area (Å²) in [5.41, 5.74) is 2.27. The van der Waals surface area contributed by atoms with Crippen molar-refractivity contribution in [2.45, 2.75) is 25.4 Å². The van der Waals surface area contributed by atoms with Crippen LogP contribution in [0.3, 0.4) is 0 Å². The van der Waals surface area contributed by atoms with Crippen LogP contribution in [0.2, 0.25) is 10.0 Å². The van der Waals surface area contributed by atoms with E-state index in [-0.39, 0.29) is 5.02 Å². The maximum atomic E-state index is 13.7. The predicted molar refractivity (Wildman–Crippen MR) is 78.5 cm³/mol. The molecule has 0 saturated heterocycles. The van der Waals surface area contributed by atoms with Crippen LogP contribution in [0, 0.1) is 5.82 Å². The molecule has 1 heterocycles. The highest BCUT2D eigenvalue weighted by molar-refractivity contribution is 6.36. The van der Waals surface area contributed by atoms with Crippen LogP contribution in [0.5, 0.6) is 0 Å². The van der Waals surface area contributed by atoms with Gasteiger partial charge in [-0.1, -0.05) is 23.2 Å². The molecule has 3 rings (SSSR count). The average molecular weight is 314 g/mol. The van der Waals surface area contributed by atoms with E-state index in [0.717, 1.165) is 5.56 Å². The molecule has 106 valence electrons. The third-order valence-electron chi connectivity index (χ3n) is 3.33. The number of rotatable bonds is 4. The minimum atomic E-state index is -0.488. The van der Waals surface area contributed by atoms with Gasteiger partial charge in [0.15, 0.2) is 0 Å². The SMILES string of the molecule is Cn1cc(CNC2CC2)c(-c2cc(F)c(Cl)cc2Cl)n1. The summed E-state index contributed by atoms with van der Waals surface area (Å²) in [6, 6.07) is 3.36. The Morgan fingerprint density at radius 2 is 2.10 bits per heavy atom. The maximum Gasteiger partial charge on any atom is 0.142 e. The van der Waals surface area contributed by atoms with Gasteiger partial charge in [-0.2, -0.15) is 5.10 Å². The number of nitrogens with zero attached hydrogens (tertiary/aromatic N) is 2. The van der Waals surface area contributed by atoms with Crippen molar-refractivity contribution >= 4 is 23.2 Å². The highest BCUT2D eigenvalue weighted by Crippen LogP contribution is 2.33. The van der Waals surface area contributed by atoms with Crippen molar-refractivity contribution in [3.05, 3.63) is 39.8 Å². The standard InChI is InChI=1S/C14H14Cl2FN3/c1-20-7-8(6-18-9-2-3-9)14(19-20)10-4-13(17)12(16)5-11(10)15/h4-5,7,9,18H,2-3,6H2,1H3. The van der Waals surface area contributed by atoms with Crippen molar-refractivity contribution in [2.75, 3.05) is 0 Å². The van der Waals surface area contributed by atoms with E-state index in [1.807, 2.05) is 13.2 Å². The molecule has 0 radical (unpaired) electrons. The molecule has 0 atom stereocenters. The van der Waals surface area contributed by atoms with Crippen molar-refractivity contribution in [3.63, 3.8) is 0 Å². The van der Waals surface area contributed by atoms with E-state index >= 15 is 0 Å². The zero-order valence-corrected chi connectivity index (χ0v) is 12.5. The molecule has 1 aliphatic carbocycles. The molecular formula is C14H14Cl2FN3. The number of nitrogens with one attached hydrogen (secondary N) is 1. The van der Waals surface area contributed by atoms with Crippen LogP contribution < -0.4 is 5.32 Å². The van der Waals surface area contributed by atoms with Gasteiger partial charge in [-0.25, -0.2) is 4.39 Å². The topological polar surface area (TPSA) is 29.9 Å². The lowest BCUT2D eigenvalue weighted by Crippen LogP contribution is -2.15. The second-order valence-electron chi connectivity index (χ2n) is 5.08. The van der Waals surface area contributed by atoms with Crippen LogP contribution in [0.4, 0.5) is 4.39 Å². The summed E-state index contributed by atoms with van der Waals surface area (Å²) in [6.07, 6.45) is 4.35. The fraction of sp³-hybridized carbons (Fsp3) is 0.357. The van der Waals surface area contributed by atoms with Crippen LogP contribution in [0.15, 0.2) is 18.3 Å². The Morgan fingerprint density at radius 1 is 1.35 bits per heavy atom. The van der Waals surface area contributed by atoms with Gasteiger partial charge in [-0.05, 0) is 25.0 Å². The Hall–Kier alpha value is -1.10. The number of benzene rings is 1. The Bertz CT molecular complexity index is 650. The van der Waals surface area contributed by atoms with Gasteiger partial charge < -0.3 is 5.32 Å². The summed E-state index contributed by atoms with van der Waals surface area (Å²) < 4.78 is 15.4. The molecule has 1 aromatic heterocycles. The van der Waals surface area contributed by atoms with Crippen LogP contribution in [0.1, 0.15) is 18.4 Å². The molecule has 20 heavy (non-hydrogen) atoms. The van der Waals surface area contributed by atoms with Crippen molar-refractivity contribution < 1.29 is 4.39 Å². The third-order valence-corrected chi connectivity index (χ3v) is 3.93. The summed E-state index contributed by atoms with van der Waals surface area (Å²) in [5.74, 6) is -0.488. The van der Waals surface area contributed by atoms with Gasteiger partial charge in [0, 0.05) is 37.0 Å². The van der Waals surface area contributed by atoms with Crippen molar-refractivity contribution in [3.8, 4) is 11.3 Å². The zero-order valence-electron chi connectivity index (χ0n) is 11.0.